The molecule has 1 aliphatic rings. The topological polar surface area (TPSA) is 48.3 Å². The number of ether oxygens (including phenoxy) is 1. The Kier molecular flexibility index (Phi) is 4.48. The number of aromatic nitrogens is 1. The number of methoxy groups -OCH3 is 1. The highest BCUT2D eigenvalue weighted by Gasteiger charge is 2.31. The lowest BCUT2D eigenvalue weighted by atomic mass is 9.96. The minimum Gasteiger partial charge on any atom is -0.492 e. The highest BCUT2D eigenvalue weighted by atomic mass is 16.5. The molecule has 0 bridgehead atoms. The first kappa shape index (κ1) is 14.2. The van der Waals surface area contributed by atoms with Crippen molar-refractivity contribution in [2.45, 2.75) is 27.2 Å². The van der Waals surface area contributed by atoms with Crippen molar-refractivity contribution in [3.63, 3.8) is 0 Å². The summed E-state index contributed by atoms with van der Waals surface area (Å²) < 4.78 is 6.63. The van der Waals surface area contributed by atoms with E-state index in [0.717, 1.165) is 12.0 Å². The number of nitrogens with zero attached hydrogens (tertiary/aromatic N) is 1. The van der Waals surface area contributed by atoms with E-state index in [0.29, 0.717) is 11.3 Å². The van der Waals surface area contributed by atoms with E-state index in [-0.39, 0.29) is 17.3 Å². The van der Waals surface area contributed by atoms with Gasteiger partial charge in [0.1, 0.15) is 5.69 Å². The molecule has 0 radical (unpaired) electrons. The van der Waals surface area contributed by atoms with E-state index in [9.17, 15) is 9.59 Å². The Morgan fingerprint density at radius 3 is 2.39 bits per heavy atom. The summed E-state index contributed by atoms with van der Waals surface area (Å²) in [6.07, 6.45) is 3.80. The summed E-state index contributed by atoms with van der Waals surface area (Å²) in [5, 5.41) is 0. The molecule has 0 N–H and O–H groups in total. The molecule has 2 rings (SSSR count). The molecule has 0 unspecified atom stereocenters. The molecule has 0 aromatic carbocycles. The van der Waals surface area contributed by atoms with Gasteiger partial charge in [0.2, 0.25) is 11.6 Å². The van der Waals surface area contributed by atoms with Crippen LogP contribution in [0.2, 0.25) is 0 Å². The van der Waals surface area contributed by atoms with E-state index in [4.69, 9.17) is 4.74 Å². The summed E-state index contributed by atoms with van der Waals surface area (Å²) in [4.78, 5) is 23.8. The number of carbonyl (C=O) groups excluding carboxylic acids is 2. The van der Waals surface area contributed by atoms with E-state index in [2.05, 4.69) is 0 Å². The zero-order chi connectivity index (χ0) is 13.9. The third-order valence-corrected chi connectivity index (χ3v) is 2.81. The standard InChI is InChI=1S/C12H13NO3.C2H6/c1-4-7-6-13(2)11-8(14)5-9(16-3)12(15)10(7)11;1-2/h5-6H,4H2,1-3H3;1-2H3. The molecule has 0 fully saturated rings. The SMILES string of the molecule is CC.CCc1cn(C)c2c1C(=O)C(OC)=CC2=O. The predicted molar refractivity (Wildman–Crippen MR) is 69.9 cm³/mol. The summed E-state index contributed by atoms with van der Waals surface area (Å²) in [6.45, 7) is 5.96. The molecule has 4 nitrogen and oxygen atoms in total. The van der Waals surface area contributed by atoms with Crippen LogP contribution < -0.4 is 0 Å². The number of carbonyl (C=O) groups is 2. The second kappa shape index (κ2) is 5.67. The van der Waals surface area contributed by atoms with Crippen molar-refractivity contribution in [3.05, 3.63) is 34.9 Å². The smallest absolute Gasteiger partial charge is 0.230 e. The molecular weight excluding hydrogens is 230 g/mol. The van der Waals surface area contributed by atoms with Crippen LogP contribution in [0.25, 0.3) is 0 Å². The zero-order valence-corrected chi connectivity index (χ0v) is 11.5. The van der Waals surface area contributed by atoms with E-state index < -0.39 is 0 Å². The molecule has 98 valence electrons. The highest BCUT2D eigenvalue weighted by molar-refractivity contribution is 6.23. The maximum atomic E-state index is 12.0. The number of ketones is 2. The first-order valence-corrected chi connectivity index (χ1v) is 6.13. The summed E-state index contributed by atoms with van der Waals surface area (Å²) in [6, 6.07) is 0. The average molecular weight is 249 g/mol. The summed E-state index contributed by atoms with van der Waals surface area (Å²) in [7, 11) is 3.17. The van der Waals surface area contributed by atoms with Crippen LogP contribution in [-0.2, 0) is 18.2 Å². The second-order valence-electron chi connectivity index (χ2n) is 3.75. The molecule has 0 aliphatic heterocycles. The fraction of sp³-hybridized carbons (Fsp3) is 0.429. The van der Waals surface area contributed by atoms with Gasteiger partial charge < -0.3 is 9.30 Å². The van der Waals surface area contributed by atoms with Crippen LogP contribution in [0.1, 0.15) is 47.2 Å². The van der Waals surface area contributed by atoms with Gasteiger partial charge in [-0.2, -0.15) is 0 Å². The number of hydrogen-bond donors (Lipinski definition) is 0. The quantitative estimate of drug-likeness (QED) is 0.809. The van der Waals surface area contributed by atoms with Gasteiger partial charge in [-0.25, -0.2) is 0 Å². The monoisotopic (exact) mass is 249 g/mol. The lowest BCUT2D eigenvalue weighted by Gasteiger charge is -2.12. The third-order valence-electron chi connectivity index (χ3n) is 2.81. The Hall–Kier alpha value is -1.84. The van der Waals surface area contributed by atoms with Crippen LogP contribution in [0.3, 0.4) is 0 Å². The number of Topliss-reactive ketones (excluding diaryl/α,β-unsaturated/α-hetero) is 1. The van der Waals surface area contributed by atoms with Gasteiger partial charge in [0.05, 0.1) is 12.7 Å². The van der Waals surface area contributed by atoms with E-state index in [1.54, 1.807) is 11.6 Å². The van der Waals surface area contributed by atoms with E-state index in [1.807, 2.05) is 27.0 Å². The summed E-state index contributed by atoms with van der Waals surface area (Å²) in [5.74, 6) is -0.249. The maximum absolute atomic E-state index is 12.0. The summed E-state index contributed by atoms with van der Waals surface area (Å²) in [5.41, 5.74) is 1.84. The van der Waals surface area contributed by atoms with Crippen LogP contribution in [0.5, 0.6) is 0 Å². The molecule has 1 aromatic rings. The number of allylic oxidation sites excluding steroid dienone is 2. The number of aryl methyl sites for hydroxylation is 2. The molecule has 0 saturated carbocycles. The van der Waals surface area contributed by atoms with Crippen molar-refractivity contribution in [1.82, 2.24) is 4.57 Å². The highest BCUT2D eigenvalue weighted by Crippen LogP contribution is 2.26. The predicted octanol–water partition coefficient (Wildman–Crippen LogP) is 2.52. The molecule has 0 atom stereocenters. The van der Waals surface area contributed by atoms with Gasteiger partial charge in [0.25, 0.3) is 0 Å². The van der Waals surface area contributed by atoms with Crippen LogP contribution in [0, 0.1) is 0 Å². The average Bonchev–Trinajstić information content (AvgIpc) is 2.74. The van der Waals surface area contributed by atoms with Crippen LogP contribution in [0.15, 0.2) is 18.0 Å². The van der Waals surface area contributed by atoms with Gasteiger partial charge in [-0.05, 0) is 12.0 Å². The molecule has 0 saturated heterocycles. The van der Waals surface area contributed by atoms with Crippen molar-refractivity contribution in [2.24, 2.45) is 7.05 Å². The lowest BCUT2D eigenvalue weighted by molar-refractivity contribution is 0.0913. The lowest BCUT2D eigenvalue weighted by Crippen LogP contribution is -2.19. The van der Waals surface area contributed by atoms with Gasteiger partial charge in [-0.1, -0.05) is 20.8 Å². The number of rotatable bonds is 2. The van der Waals surface area contributed by atoms with Gasteiger partial charge in [0, 0.05) is 19.3 Å². The molecule has 4 heteroatoms. The van der Waals surface area contributed by atoms with Crippen molar-refractivity contribution in [3.8, 4) is 0 Å². The van der Waals surface area contributed by atoms with Gasteiger partial charge in [-0.3, -0.25) is 9.59 Å². The Morgan fingerprint density at radius 2 is 1.89 bits per heavy atom. The minimum atomic E-state index is -0.199. The molecule has 0 spiro atoms. The van der Waals surface area contributed by atoms with Crippen molar-refractivity contribution >= 4 is 11.6 Å². The zero-order valence-electron chi connectivity index (χ0n) is 11.5. The molecule has 1 aliphatic carbocycles. The van der Waals surface area contributed by atoms with Gasteiger partial charge in [0.15, 0.2) is 5.76 Å². The first-order valence-electron chi connectivity index (χ1n) is 6.13. The van der Waals surface area contributed by atoms with Gasteiger partial charge >= 0.3 is 0 Å². The van der Waals surface area contributed by atoms with Crippen LogP contribution in [0.4, 0.5) is 0 Å². The van der Waals surface area contributed by atoms with E-state index in [1.165, 1.54) is 13.2 Å². The van der Waals surface area contributed by atoms with E-state index >= 15 is 0 Å². The first-order chi connectivity index (χ1) is 8.60. The normalized spacial score (nSPS) is 13.5. The third kappa shape index (κ3) is 2.10. The fourth-order valence-corrected chi connectivity index (χ4v) is 2.04. The van der Waals surface area contributed by atoms with Crippen molar-refractivity contribution in [2.75, 3.05) is 7.11 Å². The Morgan fingerprint density at radius 1 is 1.28 bits per heavy atom. The second-order valence-corrected chi connectivity index (χ2v) is 3.75. The van der Waals surface area contributed by atoms with Crippen LogP contribution in [-0.4, -0.2) is 23.2 Å². The van der Waals surface area contributed by atoms with Gasteiger partial charge in [-0.15, -0.1) is 0 Å². The Labute approximate surface area is 107 Å². The number of hydrogen-bond acceptors (Lipinski definition) is 3. The summed E-state index contributed by atoms with van der Waals surface area (Å²) >= 11 is 0. The molecule has 0 amide bonds. The van der Waals surface area contributed by atoms with Crippen molar-refractivity contribution < 1.29 is 14.3 Å². The maximum Gasteiger partial charge on any atom is 0.230 e. The molecule has 1 aromatic heterocycles. The molecule has 18 heavy (non-hydrogen) atoms. The Balaban J connectivity index is 0.000000771. The Bertz CT molecular complexity index is 509. The molecule has 1 heterocycles. The van der Waals surface area contributed by atoms with Crippen LogP contribution >= 0.6 is 0 Å². The molecular formula is C14H19NO3. The van der Waals surface area contributed by atoms with Crippen molar-refractivity contribution in [1.29, 1.82) is 0 Å². The minimum absolute atomic E-state index is 0.124. The fourth-order valence-electron chi connectivity index (χ4n) is 2.04. The largest absolute Gasteiger partial charge is 0.492 e. The number of fused-ring (bicyclic) bond motifs is 1.